The van der Waals surface area contributed by atoms with Crippen molar-refractivity contribution in [2.75, 3.05) is 19.0 Å². The van der Waals surface area contributed by atoms with E-state index in [2.05, 4.69) is 10.3 Å². The predicted molar refractivity (Wildman–Crippen MR) is 73.6 cm³/mol. The molecule has 0 aliphatic carbocycles. The van der Waals surface area contributed by atoms with Gasteiger partial charge >= 0.3 is 5.97 Å². The molecular formula is C13H12N2O6. The fourth-order valence-electron chi connectivity index (χ4n) is 1.81. The molecule has 8 heteroatoms. The number of carboxylic acids is 1. The third kappa shape index (κ3) is 2.42. The van der Waals surface area contributed by atoms with E-state index < -0.39 is 16.8 Å². The van der Waals surface area contributed by atoms with Gasteiger partial charge in [-0.05, 0) is 13.0 Å². The highest BCUT2D eigenvalue weighted by Crippen LogP contribution is 2.31. The Bertz CT molecular complexity index is 760. The maximum absolute atomic E-state index is 11.5. The van der Waals surface area contributed by atoms with Crippen LogP contribution in [-0.2, 0) is 0 Å². The average molecular weight is 292 g/mol. The molecule has 0 atom stereocenters. The Morgan fingerprint density at radius 2 is 2.05 bits per heavy atom. The van der Waals surface area contributed by atoms with E-state index in [-0.39, 0.29) is 35.2 Å². The Hall–Kier alpha value is -2.90. The van der Waals surface area contributed by atoms with E-state index in [0.717, 1.165) is 0 Å². The minimum absolute atomic E-state index is 0.0253. The summed E-state index contributed by atoms with van der Waals surface area (Å²) < 4.78 is 10.1. The van der Waals surface area contributed by atoms with Crippen molar-refractivity contribution >= 4 is 17.3 Å². The Balaban J connectivity index is 2.44. The molecule has 1 heterocycles. The summed E-state index contributed by atoms with van der Waals surface area (Å²) in [5, 5.41) is 11.7. The normalized spacial score (nSPS) is 10.4. The number of hydrogen-bond donors (Lipinski definition) is 2. The number of ether oxygens (including phenoxy) is 2. The van der Waals surface area contributed by atoms with Crippen LogP contribution in [0.1, 0.15) is 17.4 Å². The molecular weight excluding hydrogens is 280 g/mol. The van der Waals surface area contributed by atoms with Crippen LogP contribution in [0.15, 0.2) is 21.9 Å². The summed E-state index contributed by atoms with van der Waals surface area (Å²) in [6.45, 7) is 1.91. The van der Waals surface area contributed by atoms with Gasteiger partial charge in [0.25, 0.3) is 10.9 Å². The molecule has 0 saturated carbocycles. The van der Waals surface area contributed by atoms with Crippen LogP contribution in [0.4, 0.5) is 11.4 Å². The first kappa shape index (κ1) is 14.5. The maximum Gasteiger partial charge on any atom is 0.358 e. The Morgan fingerprint density at radius 1 is 1.33 bits per heavy atom. The Morgan fingerprint density at radius 3 is 2.62 bits per heavy atom. The van der Waals surface area contributed by atoms with Crippen molar-refractivity contribution in [1.82, 2.24) is 4.98 Å². The second kappa shape index (κ2) is 5.61. The molecule has 1 aromatic heterocycles. The highest BCUT2D eigenvalue weighted by molar-refractivity contribution is 5.92. The molecule has 2 aromatic rings. The number of pyridine rings is 1. The smallest absolute Gasteiger partial charge is 0.358 e. The SMILES string of the molecule is CCOc1c(Nc2ccnc(C(=O)O)c2OC)c(=O)c1=O. The monoisotopic (exact) mass is 292 g/mol. The van der Waals surface area contributed by atoms with E-state index in [9.17, 15) is 14.4 Å². The fraction of sp³-hybridized carbons (Fsp3) is 0.231. The molecule has 8 nitrogen and oxygen atoms in total. The first-order chi connectivity index (χ1) is 10.0. The summed E-state index contributed by atoms with van der Waals surface area (Å²) in [6, 6.07) is 1.43. The van der Waals surface area contributed by atoms with Gasteiger partial charge in [0.15, 0.2) is 17.2 Å². The van der Waals surface area contributed by atoms with Gasteiger partial charge in [-0.2, -0.15) is 0 Å². The minimum atomic E-state index is -1.27. The topological polar surface area (TPSA) is 115 Å². The van der Waals surface area contributed by atoms with E-state index >= 15 is 0 Å². The number of aromatic nitrogens is 1. The van der Waals surface area contributed by atoms with Crippen molar-refractivity contribution in [1.29, 1.82) is 0 Å². The van der Waals surface area contributed by atoms with Gasteiger partial charge in [0, 0.05) is 6.20 Å². The first-order valence-electron chi connectivity index (χ1n) is 6.00. The second-order valence-electron chi connectivity index (χ2n) is 3.97. The van der Waals surface area contributed by atoms with Crippen LogP contribution in [0.2, 0.25) is 0 Å². The van der Waals surface area contributed by atoms with Crippen molar-refractivity contribution in [2.45, 2.75) is 6.92 Å². The standard InChI is InChI=1S/C13H12N2O6/c1-3-21-12-7(9(16)10(12)17)15-6-4-5-14-8(13(18)19)11(6)20-2/h4-5H,3H2,1-2H3,(H,14,15)(H,18,19). The third-order valence-electron chi connectivity index (χ3n) is 2.73. The van der Waals surface area contributed by atoms with Gasteiger partial charge in [0.1, 0.15) is 5.69 Å². The van der Waals surface area contributed by atoms with Crippen molar-refractivity contribution in [3.63, 3.8) is 0 Å². The van der Waals surface area contributed by atoms with Crippen LogP contribution in [0.3, 0.4) is 0 Å². The van der Waals surface area contributed by atoms with Gasteiger partial charge in [-0.25, -0.2) is 9.78 Å². The minimum Gasteiger partial charge on any atom is -0.492 e. The lowest BCUT2D eigenvalue weighted by molar-refractivity contribution is 0.0686. The number of rotatable bonds is 6. The largest absolute Gasteiger partial charge is 0.492 e. The molecule has 0 radical (unpaired) electrons. The van der Waals surface area contributed by atoms with E-state index in [1.807, 2.05) is 0 Å². The summed E-state index contributed by atoms with van der Waals surface area (Å²) in [5.74, 6) is -1.38. The molecule has 110 valence electrons. The predicted octanol–water partition coefficient (Wildman–Crippen LogP) is 0.527. The molecule has 0 spiro atoms. The number of nitrogens with one attached hydrogen (secondary N) is 1. The van der Waals surface area contributed by atoms with Crippen molar-refractivity contribution < 1.29 is 19.4 Å². The molecule has 1 aromatic carbocycles. The first-order valence-corrected chi connectivity index (χ1v) is 6.00. The van der Waals surface area contributed by atoms with Crippen molar-refractivity contribution in [3.8, 4) is 11.5 Å². The Kier molecular flexibility index (Phi) is 3.88. The lowest BCUT2D eigenvalue weighted by Gasteiger charge is -2.15. The summed E-state index contributed by atoms with van der Waals surface area (Å²) in [6.07, 6.45) is 1.25. The molecule has 2 rings (SSSR count). The van der Waals surface area contributed by atoms with Gasteiger partial charge in [0.2, 0.25) is 0 Å². The molecule has 2 N–H and O–H groups in total. The molecule has 0 fully saturated rings. The number of methoxy groups -OCH3 is 1. The van der Waals surface area contributed by atoms with E-state index in [1.165, 1.54) is 19.4 Å². The number of anilines is 2. The molecule has 0 aliphatic heterocycles. The zero-order chi connectivity index (χ0) is 15.6. The van der Waals surface area contributed by atoms with Gasteiger partial charge in [-0.15, -0.1) is 0 Å². The number of carbonyl (C=O) groups is 1. The number of carboxylic acid groups (broad SMARTS) is 1. The van der Waals surface area contributed by atoms with Gasteiger partial charge in [-0.1, -0.05) is 0 Å². The van der Waals surface area contributed by atoms with Gasteiger partial charge < -0.3 is 19.9 Å². The lowest BCUT2D eigenvalue weighted by Crippen LogP contribution is -2.35. The molecule has 0 aliphatic rings. The van der Waals surface area contributed by atoms with Crippen molar-refractivity contribution in [3.05, 3.63) is 38.4 Å². The van der Waals surface area contributed by atoms with Gasteiger partial charge in [-0.3, -0.25) is 9.59 Å². The van der Waals surface area contributed by atoms with E-state index in [4.69, 9.17) is 14.6 Å². The molecule has 0 unspecified atom stereocenters. The van der Waals surface area contributed by atoms with E-state index in [0.29, 0.717) is 0 Å². The van der Waals surface area contributed by atoms with Crippen LogP contribution in [-0.4, -0.2) is 29.8 Å². The molecule has 0 amide bonds. The van der Waals surface area contributed by atoms with Crippen LogP contribution in [0.5, 0.6) is 11.5 Å². The maximum atomic E-state index is 11.5. The van der Waals surface area contributed by atoms with Crippen LogP contribution in [0.25, 0.3) is 0 Å². The number of hydrogen-bond acceptors (Lipinski definition) is 7. The Labute approximate surface area is 118 Å². The zero-order valence-corrected chi connectivity index (χ0v) is 11.3. The number of aromatic carboxylic acids is 1. The highest BCUT2D eigenvalue weighted by Gasteiger charge is 2.25. The summed E-state index contributed by atoms with van der Waals surface area (Å²) in [7, 11) is 1.28. The summed E-state index contributed by atoms with van der Waals surface area (Å²) in [4.78, 5) is 37.7. The van der Waals surface area contributed by atoms with Gasteiger partial charge in [0.05, 0.1) is 19.4 Å². The van der Waals surface area contributed by atoms with Crippen LogP contribution < -0.4 is 25.6 Å². The summed E-state index contributed by atoms with van der Waals surface area (Å²) in [5.41, 5.74) is -1.57. The number of nitrogens with zero attached hydrogens (tertiary/aromatic N) is 1. The quantitative estimate of drug-likeness (QED) is 0.741. The highest BCUT2D eigenvalue weighted by atomic mass is 16.5. The third-order valence-corrected chi connectivity index (χ3v) is 2.73. The average Bonchev–Trinajstić information content (AvgIpc) is 2.49. The zero-order valence-electron chi connectivity index (χ0n) is 11.3. The molecule has 0 bridgehead atoms. The van der Waals surface area contributed by atoms with Crippen LogP contribution in [0, 0.1) is 0 Å². The molecule has 21 heavy (non-hydrogen) atoms. The van der Waals surface area contributed by atoms with E-state index in [1.54, 1.807) is 6.92 Å². The lowest BCUT2D eigenvalue weighted by atomic mass is 10.2. The fourth-order valence-corrected chi connectivity index (χ4v) is 1.81. The van der Waals surface area contributed by atoms with Crippen molar-refractivity contribution in [2.24, 2.45) is 0 Å². The van der Waals surface area contributed by atoms with Crippen LogP contribution >= 0.6 is 0 Å². The molecule has 0 saturated heterocycles. The summed E-state index contributed by atoms with van der Waals surface area (Å²) >= 11 is 0. The second-order valence-corrected chi connectivity index (χ2v) is 3.97.